The smallest absolute Gasteiger partial charge is 0.150 e. The minimum atomic E-state index is 0.680. The van der Waals surface area contributed by atoms with Gasteiger partial charge in [-0.25, -0.2) is 4.98 Å². The maximum atomic E-state index is 11.1. The van der Waals surface area contributed by atoms with E-state index in [1.807, 2.05) is 38.1 Å². The Hall–Kier alpha value is -2.07. The van der Waals surface area contributed by atoms with Gasteiger partial charge < -0.3 is 9.64 Å². The predicted molar refractivity (Wildman–Crippen MR) is 110 cm³/mol. The van der Waals surface area contributed by atoms with Crippen molar-refractivity contribution in [1.29, 1.82) is 0 Å². The van der Waals surface area contributed by atoms with Crippen molar-refractivity contribution in [3.05, 3.63) is 52.2 Å². The van der Waals surface area contributed by atoms with E-state index in [1.54, 1.807) is 6.20 Å². The Morgan fingerprint density at radius 3 is 2.52 bits per heavy atom. The Morgan fingerprint density at radius 2 is 1.93 bits per heavy atom. The highest BCUT2D eigenvalue weighted by Gasteiger charge is 2.19. The highest BCUT2D eigenvalue weighted by Crippen LogP contribution is 2.26. The zero-order valence-electron chi connectivity index (χ0n) is 16.1. The number of ether oxygens (including phenoxy) is 1. The molecular weight excluding hydrogens is 360 g/mol. The molecule has 27 heavy (non-hydrogen) atoms. The summed E-state index contributed by atoms with van der Waals surface area (Å²) in [6, 6.07) is 7.80. The number of hydrogen-bond acceptors (Lipinski definition) is 4. The molecule has 2 heterocycles. The van der Waals surface area contributed by atoms with Crippen molar-refractivity contribution < 1.29 is 9.53 Å². The second kappa shape index (κ2) is 9.23. The molecule has 1 aliphatic heterocycles. The first-order valence-electron chi connectivity index (χ1n) is 9.62. The third-order valence-corrected chi connectivity index (χ3v) is 5.58. The lowest BCUT2D eigenvalue weighted by Gasteiger charge is -2.32. The molecule has 1 saturated heterocycles. The van der Waals surface area contributed by atoms with Gasteiger partial charge in [-0.15, -0.1) is 0 Å². The summed E-state index contributed by atoms with van der Waals surface area (Å²) in [5.74, 6) is 2.63. The number of aryl methyl sites for hydroxylation is 2. The monoisotopic (exact) mass is 386 g/mol. The molecule has 0 saturated carbocycles. The first-order valence-corrected chi connectivity index (χ1v) is 10.0. The summed E-state index contributed by atoms with van der Waals surface area (Å²) in [4.78, 5) is 17.8. The number of hydrogen-bond donors (Lipinski definition) is 0. The molecule has 0 unspecified atom stereocenters. The maximum absolute atomic E-state index is 11.1. The summed E-state index contributed by atoms with van der Waals surface area (Å²) in [5, 5.41) is 0.680. The zero-order chi connectivity index (χ0) is 19.2. The van der Waals surface area contributed by atoms with E-state index in [0.717, 1.165) is 66.6 Å². The second-order valence-corrected chi connectivity index (χ2v) is 7.78. The van der Waals surface area contributed by atoms with Gasteiger partial charge in [-0.2, -0.15) is 0 Å². The molecule has 0 radical (unpaired) electrons. The number of benzene rings is 1. The van der Waals surface area contributed by atoms with Crippen molar-refractivity contribution in [2.45, 2.75) is 39.5 Å². The van der Waals surface area contributed by atoms with Gasteiger partial charge in [-0.3, -0.25) is 4.79 Å². The molecule has 0 spiro atoms. The van der Waals surface area contributed by atoms with Crippen molar-refractivity contribution in [1.82, 2.24) is 4.98 Å². The predicted octanol–water partition coefficient (Wildman–Crippen LogP) is 5.24. The van der Waals surface area contributed by atoms with Gasteiger partial charge in [-0.05, 0) is 80.8 Å². The first-order chi connectivity index (χ1) is 13.1. The van der Waals surface area contributed by atoms with Crippen LogP contribution in [0.15, 0.2) is 30.5 Å². The largest absolute Gasteiger partial charge is 0.494 e. The lowest BCUT2D eigenvalue weighted by atomic mass is 9.92. The van der Waals surface area contributed by atoms with Gasteiger partial charge in [0.15, 0.2) is 6.29 Å². The number of nitrogens with zero attached hydrogens (tertiary/aromatic N) is 2. The van der Waals surface area contributed by atoms with E-state index in [9.17, 15) is 4.79 Å². The Labute approximate surface area is 166 Å². The number of piperidine rings is 1. The fourth-order valence-electron chi connectivity index (χ4n) is 3.77. The molecule has 1 fully saturated rings. The maximum Gasteiger partial charge on any atom is 0.150 e. The van der Waals surface area contributed by atoms with Crippen LogP contribution in [0, 0.1) is 19.8 Å². The van der Waals surface area contributed by atoms with Gasteiger partial charge in [0.1, 0.15) is 11.6 Å². The summed E-state index contributed by atoms with van der Waals surface area (Å²) in [7, 11) is 0. The quantitative estimate of drug-likeness (QED) is 0.482. The highest BCUT2D eigenvalue weighted by molar-refractivity contribution is 6.30. The van der Waals surface area contributed by atoms with Crippen molar-refractivity contribution in [3.63, 3.8) is 0 Å². The standard InChI is InChI=1S/C22H27ClN2O2/c1-16-12-20(13-17(2)21(16)15-26)27-11-3-4-18-7-9-25(10-8-18)22-6-5-19(23)14-24-22/h5-6,12-15,18H,3-4,7-11H2,1-2H3. The van der Waals surface area contributed by atoms with Gasteiger partial charge >= 0.3 is 0 Å². The van der Waals surface area contributed by atoms with E-state index in [-0.39, 0.29) is 0 Å². The van der Waals surface area contributed by atoms with Gasteiger partial charge in [0.25, 0.3) is 0 Å². The molecule has 0 atom stereocenters. The van der Waals surface area contributed by atoms with Gasteiger partial charge in [-0.1, -0.05) is 11.6 Å². The van der Waals surface area contributed by atoms with E-state index < -0.39 is 0 Å². The highest BCUT2D eigenvalue weighted by atomic mass is 35.5. The van der Waals surface area contributed by atoms with Crippen LogP contribution in [-0.2, 0) is 0 Å². The molecule has 1 aliphatic rings. The van der Waals surface area contributed by atoms with E-state index >= 15 is 0 Å². The van der Waals surface area contributed by atoms with E-state index in [1.165, 1.54) is 19.3 Å². The molecular formula is C22H27ClN2O2. The number of pyridine rings is 1. The second-order valence-electron chi connectivity index (χ2n) is 7.34. The van der Waals surface area contributed by atoms with E-state index in [0.29, 0.717) is 5.02 Å². The third kappa shape index (κ3) is 5.23. The SMILES string of the molecule is Cc1cc(OCCCC2CCN(c3ccc(Cl)cn3)CC2)cc(C)c1C=O. The molecule has 1 aromatic carbocycles. The number of aromatic nitrogens is 1. The number of halogens is 1. The van der Waals surface area contributed by atoms with Gasteiger partial charge in [0, 0.05) is 24.8 Å². The van der Waals surface area contributed by atoms with Gasteiger partial charge in [0.2, 0.25) is 0 Å². The Balaban J connectivity index is 1.39. The minimum Gasteiger partial charge on any atom is -0.494 e. The van der Waals surface area contributed by atoms with Crippen LogP contribution < -0.4 is 9.64 Å². The fraction of sp³-hybridized carbons (Fsp3) is 0.455. The van der Waals surface area contributed by atoms with E-state index in [2.05, 4.69) is 9.88 Å². The Morgan fingerprint density at radius 1 is 1.22 bits per heavy atom. The van der Waals surface area contributed by atoms with Crippen LogP contribution in [0.4, 0.5) is 5.82 Å². The first kappa shape index (κ1) is 19.7. The molecule has 0 aliphatic carbocycles. The zero-order valence-corrected chi connectivity index (χ0v) is 16.8. The molecule has 0 N–H and O–H groups in total. The number of aldehydes is 1. The number of carbonyl (C=O) groups excluding carboxylic acids is 1. The summed E-state index contributed by atoms with van der Waals surface area (Å²) in [5.41, 5.74) is 2.72. The Bertz CT molecular complexity index is 745. The molecule has 4 nitrogen and oxygen atoms in total. The van der Waals surface area contributed by atoms with Crippen LogP contribution in [0.5, 0.6) is 5.75 Å². The third-order valence-electron chi connectivity index (χ3n) is 5.36. The number of anilines is 1. The van der Waals surface area contributed by atoms with Crippen molar-refractivity contribution in [3.8, 4) is 5.75 Å². The average molecular weight is 387 g/mol. The van der Waals surface area contributed by atoms with Crippen LogP contribution >= 0.6 is 11.6 Å². The molecule has 0 amide bonds. The minimum absolute atomic E-state index is 0.680. The molecule has 1 aromatic heterocycles. The fourth-order valence-corrected chi connectivity index (χ4v) is 3.88. The molecule has 5 heteroatoms. The van der Waals surface area contributed by atoms with Crippen LogP contribution in [0.3, 0.4) is 0 Å². The normalized spacial score (nSPS) is 15.0. The molecule has 0 bridgehead atoms. The number of carbonyl (C=O) groups is 1. The molecule has 2 aromatic rings. The lowest BCUT2D eigenvalue weighted by molar-refractivity contribution is 0.112. The average Bonchev–Trinajstić information content (AvgIpc) is 2.66. The van der Waals surface area contributed by atoms with Crippen LogP contribution in [-0.4, -0.2) is 31.0 Å². The summed E-state index contributed by atoms with van der Waals surface area (Å²) >= 11 is 5.91. The van der Waals surface area contributed by atoms with Crippen molar-refractivity contribution in [2.75, 3.05) is 24.6 Å². The topological polar surface area (TPSA) is 42.4 Å². The van der Waals surface area contributed by atoms with Gasteiger partial charge in [0.05, 0.1) is 11.6 Å². The van der Waals surface area contributed by atoms with E-state index in [4.69, 9.17) is 16.3 Å². The van der Waals surface area contributed by atoms with Crippen LogP contribution in [0.25, 0.3) is 0 Å². The lowest BCUT2D eigenvalue weighted by Crippen LogP contribution is -2.34. The van der Waals surface area contributed by atoms with Crippen molar-refractivity contribution >= 4 is 23.7 Å². The van der Waals surface area contributed by atoms with Crippen LogP contribution in [0.1, 0.15) is 47.2 Å². The summed E-state index contributed by atoms with van der Waals surface area (Å²) < 4.78 is 5.91. The molecule has 3 rings (SSSR count). The summed E-state index contributed by atoms with van der Waals surface area (Å²) in [6.07, 6.45) is 7.25. The summed E-state index contributed by atoms with van der Waals surface area (Å²) in [6.45, 7) is 6.72. The number of rotatable bonds is 7. The molecule has 144 valence electrons. The Kier molecular flexibility index (Phi) is 6.73. The van der Waals surface area contributed by atoms with Crippen LogP contribution in [0.2, 0.25) is 5.02 Å². The van der Waals surface area contributed by atoms with Crippen molar-refractivity contribution in [2.24, 2.45) is 5.92 Å².